The average Bonchev–Trinajstić information content (AvgIpc) is 3.22. The average molecular weight is 470 g/mol. The van der Waals surface area contributed by atoms with Crippen LogP contribution in [0.5, 0.6) is 0 Å². The summed E-state index contributed by atoms with van der Waals surface area (Å²) in [5, 5.41) is 3.85. The van der Waals surface area contributed by atoms with Gasteiger partial charge in [0.2, 0.25) is 0 Å². The number of aromatic amines is 1. The largest absolute Gasteiger partial charge is 0.448 e. The third-order valence-corrected chi connectivity index (χ3v) is 6.06. The summed E-state index contributed by atoms with van der Waals surface area (Å²) in [6.07, 6.45) is 3.07. The molecule has 6 nitrogen and oxygen atoms in total. The summed E-state index contributed by atoms with van der Waals surface area (Å²) in [5.74, 6) is 0.284. The Labute approximate surface area is 183 Å². The zero-order valence-corrected chi connectivity index (χ0v) is 18.2. The lowest BCUT2D eigenvalue weighted by atomic mass is 9.89. The second-order valence-electron chi connectivity index (χ2n) is 7.53. The first-order valence-electron chi connectivity index (χ1n) is 10.1. The van der Waals surface area contributed by atoms with Crippen LogP contribution in [0.25, 0.3) is 10.9 Å². The fourth-order valence-corrected chi connectivity index (χ4v) is 4.08. The Balaban J connectivity index is 1.18. The molecule has 0 spiro atoms. The molecule has 1 fully saturated rings. The Morgan fingerprint density at radius 1 is 1.10 bits per heavy atom. The van der Waals surface area contributed by atoms with Crippen LogP contribution in [0.4, 0.5) is 10.5 Å². The molecule has 156 valence electrons. The number of fused-ring (bicyclic) bond motifs is 1. The molecule has 1 aliphatic heterocycles. The minimum absolute atomic E-state index is 0.0644. The van der Waals surface area contributed by atoms with E-state index in [-0.39, 0.29) is 11.7 Å². The summed E-state index contributed by atoms with van der Waals surface area (Å²) in [7, 11) is 0. The molecular weight excluding hydrogens is 446 g/mol. The van der Waals surface area contributed by atoms with E-state index in [0.29, 0.717) is 18.8 Å². The fraction of sp³-hybridized carbons (Fsp3) is 0.304. The van der Waals surface area contributed by atoms with Gasteiger partial charge in [0.05, 0.1) is 0 Å². The van der Waals surface area contributed by atoms with E-state index >= 15 is 0 Å². The molecule has 30 heavy (non-hydrogen) atoms. The van der Waals surface area contributed by atoms with E-state index in [1.807, 2.05) is 54.7 Å². The molecule has 0 atom stereocenters. The normalized spacial score (nSPS) is 15.2. The SMILES string of the molecule is O=C(Nc1ccc2cc[nH]c2c1)OCCN1CCC(C(=O)c2ccc(Br)cc2)CC1. The van der Waals surface area contributed by atoms with Crippen molar-refractivity contribution in [2.24, 2.45) is 5.92 Å². The molecule has 0 aliphatic carbocycles. The van der Waals surface area contributed by atoms with Crippen molar-refractivity contribution in [3.63, 3.8) is 0 Å². The van der Waals surface area contributed by atoms with Crippen LogP contribution >= 0.6 is 15.9 Å². The van der Waals surface area contributed by atoms with E-state index in [0.717, 1.165) is 46.9 Å². The van der Waals surface area contributed by atoms with Crippen molar-refractivity contribution in [3.8, 4) is 0 Å². The molecule has 3 aromatic rings. The highest BCUT2D eigenvalue weighted by Crippen LogP contribution is 2.23. The van der Waals surface area contributed by atoms with E-state index in [9.17, 15) is 9.59 Å². The number of ketones is 1. The maximum Gasteiger partial charge on any atom is 0.411 e. The number of carbonyl (C=O) groups is 2. The second kappa shape index (κ2) is 9.45. The van der Waals surface area contributed by atoms with Gasteiger partial charge in [-0.15, -0.1) is 0 Å². The maximum atomic E-state index is 12.6. The van der Waals surface area contributed by atoms with Gasteiger partial charge in [-0.2, -0.15) is 0 Å². The number of nitrogens with zero attached hydrogens (tertiary/aromatic N) is 1. The van der Waals surface area contributed by atoms with Crippen molar-refractivity contribution in [1.29, 1.82) is 0 Å². The number of aromatic nitrogens is 1. The predicted molar refractivity (Wildman–Crippen MR) is 121 cm³/mol. The number of H-pyrrole nitrogens is 1. The van der Waals surface area contributed by atoms with Crippen molar-refractivity contribution in [3.05, 3.63) is 64.8 Å². The number of benzene rings is 2. The van der Waals surface area contributed by atoms with Crippen LogP contribution in [0.15, 0.2) is 59.2 Å². The van der Waals surface area contributed by atoms with Gasteiger partial charge in [-0.3, -0.25) is 15.0 Å². The molecular formula is C23H24BrN3O3. The first-order valence-corrected chi connectivity index (χ1v) is 10.9. The lowest BCUT2D eigenvalue weighted by Crippen LogP contribution is -2.38. The molecule has 0 unspecified atom stereocenters. The minimum Gasteiger partial charge on any atom is -0.448 e. The van der Waals surface area contributed by atoms with E-state index in [1.54, 1.807) is 0 Å². The molecule has 7 heteroatoms. The van der Waals surface area contributed by atoms with Crippen LogP contribution in [0.3, 0.4) is 0 Å². The molecule has 1 amide bonds. The topological polar surface area (TPSA) is 74.4 Å². The number of rotatable bonds is 6. The maximum absolute atomic E-state index is 12.6. The van der Waals surface area contributed by atoms with Gasteiger partial charge in [0.15, 0.2) is 5.78 Å². The Hall–Kier alpha value is -2.64. The van der Waals surface area contributed by atoms with Gasteiger partial charge in [0.25, 0.3) is 0 Å². The van der Waals surface area contributed by atoms with E-state index in [2.05, 4.69) is 31.1 Å². The van der Waals surface area contributed by atoms with Gasteiger partial charge >= 0.3 is 6.09 Å². The van der Waals surface area contributed by atoms with Gasteiger partial charge in [0.1, 0.15) is 6.61 Å². The summed E-state index contributed by atoms with van der Waals surface area (Å²) in [5.41, 5.74) is 2.43. The van der Waals surface area contributed by atoms with Crippen molar-refractivity contribution in [1.82, 2.24) is 9.88 Å². The van der Waals surface area contributed by atoms with E-state index < -0.39 is 6.09 Å². The molecule has 2 aromatic carbocycles. The van der Waals surface area contributed by atoms with Crippen LogP contribution in [0.1, 0.15) is 23.2 Å². The summed E-state index contributed by atoms with van der Waals surface area (Å²) < 4.78 is 6.30. The number of piperidine rings is 1. The number of hydrogen-bond donors (Lipinski definition) is 2. The molecule has 0 radical (unpaired) electrons. The molecule has 0 saturated carbocycles. The lowest BCUT2D eigenvalue weighted by Gasteiger charge is -2.31. The summed E-state index contributed by atoms with van der Waals surface area (Å²) in [6.45, 7) is 2.66. The number of halogens is 1. The van der Waals surface area contributed by atoms with Crippen LogP contribution in [-0.4, -0.2) is 48.0 Å². The molecule has 4 rings (SSSR count). The van der Waals surface area contributed by atoms with Crippen molar-refractivity contribution in [2.75, 3.05) is 31.6 Å². The van der Waals surface area contributed by atoms with Crippen LogP contribution in [0.2, 0.25) is 0 Å². The number of ether oxygens (including phenoxy) is 1. The van der Waals surface area contributed by atoms with Crippen LogP contribution in [-0.2, 0) is 4.74 Å². The van der Waals surface area contributed by atoms with Crippen molar-refractivity contribution in [2.45, 2.75) is 12.8 Å². The van der Waals surface area contributed by atoms with Gasteiger partial charge < -0.3 is 9.72 Å². The number of Topliss-reactive ketones (excluding diaryl/α,β-unsaturated/α-hetero) is 1. The van der Waals surface area contributed by atoms with Crippen LogP contribution < -0.4 is 5.32 Å². The first kappa shape index (κ1) is 20.6. The summed E-state index contributed by atoms with van der Waals surface area (Å²) >= 11 is 3.40. The van der Waals surface area contributed by atoms with E-state index in [1.165, 1.54) is 0 Å². The Morgan fingerprint density at radius 2 is 1.87 bits per heavy atom. The highest BCUT2D eigenvalue weighted by atomic mass is 79.9. The monoisotopic (exact) mass is 469 g/mol. The smallest absolute Gasteiger partial charge is 0.411 e. The number of hydrogen-bond acceptors (Lipinski definition) is 4. The van der Waals surface area contributed by atoms with Gasteiger partial charge in [-0.05, 0) is 61.6 Å². The highest BCUT2D eigenvalue weighted by Gasteiger charge is 2.25. The third-order valence-electron chi connectivity index (χ3n) is 5.53. The quantitative estimate of drug-likeness (QED) is 0.494. The van der Waals surface area contributed by atoms with Gasteiger partial charge in [-0.25, -0.2) is 4.79 Å². The first-order chi connectivity index (χ1) is 14.6. The third kappa shape index (κ3) is 5.09. The number of nitrogens with one attached hydrogen (secondary N) is 2. The molecule has 1 saturated heterocycles. The number of anilines is 1. The number of carbonyl (C=O) groups excluding carboxylic acids is 2. The zero-order chi connectivity index (χ0) is 20.9. The lowest BCUT2D eigenvalue weighted by molar-refractivity contribution is 0.0813. The van der Waals surface area contributed by atoms with E-state index in [4.69, 9.17) is 4.74 Å². The van der Waals surface area contributed by atoms with Crippen molar-refractivity contribution < 1.29 is 14.3 Å². The predicted octanol–water partition coefficient (Wildman–Crippen LogP) is 5.07. The highest BCUT2D eigenvalue weighted by molar-refractivity contribution is 9.10. The summed E-state index contributed by atoms with van der Waals surface area (Å²) in [4.78, 5) is 30.0. The van der Waals surface area contributed by atoms with Gasteiger partial charge in [0, 0.05) is 39.9 Å². The molecule has 1 aliphatic rings. The molecule has 2 N–H and O–H groups in total. The van der Waals surface area contributed by atoms with Gasteiger partial charge in [-0.1, -0.05) is 34.1 Å². The molecule has 1 aromatic heterocycles. The second-order valence-corrected chi connectivity index (χ2v) is 8.44. The Kier molecular flexibility index (Phi) is 6.50. The summed E-state index contributed by atoms with van der Waals surface area (Å²) in [6, 6.07) is 15.2. The number of likely N-dealkylation sites (tertiary alicyclic amines) is 1. The number of amides is 1. The Morgan fingerprint density at radius 3 is 2.63 bits per heavy atom. The molecule has 2 heterocycles. The van der Waals surface area contributed by atoms with Crippen molar-refractivity contribution >= 4 is 44.4 Å². The van der Waals surface area contributed by atoms with Crippen LogP contribution in [0, 0.1) is 5.92 Å². The Bertz CT molecular complexity index is 1020. The standard InChI is InChI=1S/C23H24BrN3O3/c24-19-4-1-17(2-5-19)22(28)18-8-11-27(12-9-18)13-14-30-23(29)26-20-6-3-16-7-10-25-21(16)15-20/h1-7,10,15,18,25H,8-9,11-14H2,(H,26,29). The zero-order valence-electron chi connectivity index (χ0n) is 16.6. The minimum atomic E-state index is -0.457. The fourth-order valence-electron chi connectivity index (χ4n) is 3.82. The molecule has 0 bridgehead atoms.